The number of hydrogen-bond acceptors (Lipinski definition) is 4. The third-order valence-electron chi connectivity index (χ3n) is 2.81. The van der Waals surface area contributed by atoms with Crippen molar-refractivity contribution in [3.05, 3.63) is 30.3 Å². The maximum absolute atomic E-state index is 12.2. The van der Waals surface area contributed by atoms with Crippen molar-refractivity contribution in [3.8, 4) is 0 Å². The van der Waals surface area contributed by atoms with Crippen molar-refractivity contribution in [1.29, 1.82) is 0 Å². The summed E-state index contributed by atoms with van der Waals surface area (Å²) in [7, 11) is -3.31. The monoisotopic (exact) mass is 398 g/mol. The molecule has 0 aliphatic heterocycles. The molecular weight excluding hydrogens is 380 g/mol. The maximum Gasteiger partial charge on any atom is 0.178 e. The fourth-order valence-electron chi connectivity index (χ4n) is 1.73. The lowest BCUT2D eigenvalue weighted by Crippen LogP contribution is -2.29. The standard InChI is InChI=1S/C14H20BrClO4S/c1-2-19-14(10-15)20-12(11-16)8-9-21(17,18)13-6-4-3-5-7-13/h3-7,12,14H,2,8-11H2,1H3. The van der Waals surface area contributed by atoms with E-state index in [2.05, 4.69) is 15.9 Å². The quantitative estimate of drug-likeness (QED) is 0.448. The van der Waals surface area contributed by atoms with E-state index < -0.39 is 16.1 Å². The molecule has 1 aromatic rings. The first-order chi connectivity index (χ1) is 10.0. The molecule has 0 saturated carbocycles. The van der Waals surface area contributed by atoms with Gasteiger partial charge < -0.3 is 9.47 Å². The van der Waals surface area contributed by atoms with E-state index in [4.69, 9.17) is 21.1 Å². The van der Waals surface area contributed by atoms with Gasteiger partial charge in [0.05, 0.1) is 22.1 Å². The van der Waals surface area contributed by atoms with Crippen LogP contribution in [0.1, 0.15) is 13.3 Å². The Kier molecular flexibility index (Phi) is 8.82. The summed E-state index contributed by atoms with van der Waals surface area (Å²) in [6.07, 6.45) is -0.449. The normalized spacial score (nSPS) is 14.8. The number of alkyl halides is 2. The van der Waals surface area contributed by atoms with Crippen molar-refractivity contribution in [3.63, 3.8) is 0 Å². The first-order valence-corrected chi connectivity index (χ1v) is 10.0. The van der Waals surface area contributed by atoms with Gasteiger partial charge >= 0.3 is 0 Å². The van der Waals surface area contributed by atoms with Crippen LogP contribution in [0.3, 0.4) is 0 Å². The number of rotatable bonds is 10. The first kappa shape index (κ1) is 18.9. The van der Waals surface area contributed by atoms with Crippen LogP contribution in [0.2, 0.25) is 0 Å². The topological polar surface area (TPSA) is 52.6 Å². The zero-order chi connectivity index (χ0) is 15.7. The second-order valence-electron chi connectivity index (χ2n) is 4.37. The Morgan fingerprint density at radius 1 is 1.29 bits per heavy atom. The maximum atomic E-state index is 12.2. The molecule has 0 heterocycles. The molecule has 4 nitrogen and oxygen atoms in total. The van der Waals surface area contributed by atoms with Gasteiger partial charge in [-0.05, 0) is 25.5 Å². The summed E-state index contributed by atoms with van der Waals surface area (Å²) in [5.74, 6) is 0.219. The highest BCUT2D eigenvalue weighted by atomic mass is 79.9. The molecule has 1 aromatic carbocycles. The molecule has 7 heteroatoms. The number of hydrogen-bond donors (Lipinski definition) is 0. The van der Waals surface area contributed by atoms with Crippen LogP contribution < -0.4 is 0 Å². The molecular formula is C14H20BrClO4S. The molecule has 0 saturated heterocycles. The number of benzene rings is 1. The van der Waals surface area contributed by atoms with E-state index in [0.717, 1.165) is 0 Å². The molecule has 0 spiro atoms. The van der Waals surface area contributed by atoms with Crippen LogP contribution >= 0.6 is 27.5 Å². The molecule has 2 unspecified atom stereocenters. The van der Waals surface area contributed by atoms with E-state index in [-0.39, 0.29) is 17.7 Å². The molecule has 21 heavy (non-hydrogen) atoms. The van der Waals surface area contributed by atoms with E-state index in [0.29, 0.717) is 23.3 Å². The lowest BCUT2D eigenvalue weighted by molar-refractivity contribution is -0.148. The van der Waals surface area contributed by atoms with Gasteiger partial charge in [-0.15, -0.1) is 11.6 Å². The van der Waals surface area contributed by atoms with Gasteiger partial charge in [-0.1, -0.05) is 34.1 Å². The first-order valence-electron chi connectivity index (χ1n) is 6.70. The summed E-state index contributed by atoms with van der Waals surface area (Å²) in [4.78, 5) is 0.320. The summed E-state index contributed by atoms with van der Waals surface area (Å²) in [5.41, 5.74) is 0. The molecule has 2 atom stereocenters. The van der Waals surface area contributed by atoms with Gasteiger partial charge in [-0.3, -0.25) is 0 Å². The molecule has 0 bridgehead atoms. The van der Waals surface area contributed by atoms with Gasteiger partial charge in [0.2, 0.25) is 0 Å². The molecule has 120 valence electrons. The lowest BCUT2D eigenvalue weighted by atomic mass is 10.3. The average molecular weight is 400 g/mol. The highest BCUT2D eigenvalue weighted by Gasteiger charge is 2.20. The summed E-state index contributed by atoms with van der Waals surface area (Å²) in [6.45, 7) is 2.39. The highest BCUT2D eigenvalue weighted by molar-refractivity contribution is 9.09. The molecule has 0 aliphatic carbocycles. The smallest absolute Gasteiger partial charge is 0.178 e. The number of halogens is 2. The van der Waals surface area contributed by atoms with Crippen molar-refractivity contribution in [1.82, 2.24) is 0 Å². The summed E-state index contributed by atoms with van der Waals surface area (Å²) < 4.78 is 35.4. The largest absolute Gasteiger partial charge is 0.352 e. The Labute approximate surface area is 139 Å². The van der Waals surface area contributed by atoms with Crippen molar-refractivity contribution < 1.29 is 17.9 Å². The molecule has 0 fully saturated rings. The van der Waals surface area contributed by atoms with Crippen molar-refractivity contribution in [2.75, 3.05) is 23.6 Å². The molecule has 0 radical (unpaired) electrons. The van der Waals surface area contributed by atoms with Crippen LogP contribution in [0.5, 0.6) is 0 Å². The predicted octanol–water partition coefficient (Wildman–Crippen LogP) is 3.23. The zero-order valence-corrected chi connectivity index (χ0v) is 15.0. The molecule has 0 amide bonds. The van der Waals surface area contributed by atoms with Crippen LogP contribution in [0.15, 0.2) is 35.2 Å². The van der Waals surface area contributed by atoms with Gasteiger partial charge in [-0.2, -0.15) is 0 Å². The molecule has 1 rings (SSSR count). The minimum atomic E-state index is -3.31. The summed E-state index contributed by atoms with van der Waals surface area (Å²) in [5, 5.41) is 0.514. The fourth-order valence-corrected chi connectivity index (χ4v) is 3.68. The Morgan fingerprint density at radius 2 is 1.95 bits per heavy atom. The number of ether oxygens (including phenoxy) is 2. The van der Waals surface area contributed by atoms with E-state index in [1.54, 1.807) is 30.3 Å². The van der Waals surface area contributed by atoms with Crippen LogP contribution in [0, 0.1) is 0 Å². The minimum absolute atomic E-state index is 0.00443. The van der Waals surface area contributed by atoms with Crippen LogP contribution in [0.4, 0.5) is 0 Å². The Balaban J connectivity index is 2.58. The van der Waals surface area contributed by atoms with Gasteiger partial charge in [0.15, 0.2) is 16.1 Å². The molecule has 0 aromatic heterocycles. The predicted molar refractivity (Wildman–Crippen MR) is 87.9 cm³/mol. The Bertz CT molecular complexity index is 495. The van der Waals surface area contributed by atoms with Gasteiger partial charge in [-0.25, -0.2) is 8.42 Å². The fraction of sp³-hybridized carbons (Fsp3) is 0.571. The van der Waals surface area contributed by atoms with Gasteiger partial charge in [0.25, 0.3) is 0 Å². The lowest BCUT2D eigenvalue weighted by Gasteiger charge is -2.22. The second-order valence-corrected chi connectivity index (χ2v) is 7.44. The molecule has 0 N–H and O–H groups in total. The van der Waals surface area contributed by atoms with Crippen LogP contribution in [-0.4, -0.2) is 44.4 Å². The third-order valence-corrected chi connectivity index (χ3v) is 5.44. The van der Waals surface area contributed by atoms with Crippen molar-refractivity contribution in [2.45, 2.75) is 30.6 Å². The Morgan fingerprint density at radius 3 is 2.48 bits per heavy atom. The number of sulfone groups is 1. The SMILES string of the molecule is CCOC(CBr)OC(CCl)CCS(=O)(=O)c1ccccc1. The van der Waals surface area contributed by atoms with Gasteiger partial charge in [0.1, 0.15) is 0 Å². The van der Waals surface area contributed by atoms with Crippen molar-refractivity contribution in [2.24, 2.45) is 0 Å². The van der Waals surface area contributed by atoms with Crippen molar-refractivity contribution >= 4 is 37.4 Å². The third kappa shape index (κ3) is 6.65. The summed E-state index contributed by atoms with van der Waals surface area (Å²) >= 11 is 9.14. The van der Waals surface area contributed by atoms with E-state index >= 15 is 0 Å². The highest BCUT2D eigenvalue weighted by Crippen LogP contribution is 2.15. The van der Waals surface area contributed by atoms with Gasteiger partial charge in [0, 0.05) is 12.5 Å². The summed E-state index contributed by atoms with van der Waals surface area (Å²) in [6, 6.07) is 8.38. The molecule has 0 aliphatic rings. The van der Waals surface area contributed by atoms with E-state index in [1.165, 1.54) is 0 Å². The van der Waals surface area contributed by atoms with E-state index in [9.17, 15) is 8.42 Å². The van der Waals surface area contributed by atoms with Crippen LogP contribution in [-0.2, 0) is 19.3 Å². The zero-order valence-electron chi connectivity index (χ0n) is 11.9. The average Bonchev–Trinajstić information content (AvgIpc) is 2.51. The van der Waals surface area contributed by atoms with E-state index in [1.807, 2.05) is 6.92 Å². The van der Waals surface area contributed by atoms with Crippen LogP contribution in [0.25, 0.3) is 0 Å². The Hall–Kier alpha value is -0.140. The minimum Gasteiger partial charge on any atom is -0.352 e. The second kappa shape index (κ2) is 9.79.